The van der Waals surface area contributed by atoms with Crippen molar-refractivity contribution < 1.29 is 22.5 Å². The van der Waals surface area contributed by atoms with E-state index >= 15 is 0 Å². The Hall–Kier alpha value is -2.38. The molecule has 124 valence electrons. The van der Waals surface area contributed by atoms with Crippen molar-refractivity contribution in [3.8, 4) is 0 Å². The van der Waals surface area contributed by atoms with Crippen LogP contribution in [0.5, 0.6) is 0 Å². The van der Waals surface area contributed by atoms with Crippen LogP contribution in [0.1, 0.15) is 41.7 Å². The molecule has 0 radical (unpaired) electrons. The minimum atomic E-state index is -4.65. The second-order valence-electron chi connectivity index (χ2n) is 5.51. The highest BCUT2D eigenvalue weighted by atomic mass is 19.4. The van der Waals surface area contributed by atoms with Crippen LogP contribution in [0.25, 0.3) is 0 Å². The average molecular weight is 327 g/mol. The summed E-state index contributed by atoms with van der Waals surface area (Å²) in [7, 11) is 0. The summed E-state index contributed by atoms with van der Waals surface area (Å²) >= 11 is 0. The molecule has 2 aromatic heterocycles. The molecule has 23 heavy (non-hydrogen) atoms. The number of rotatable bonds is 5. The minimum absolute atomic E-state index is 0.157. The fraction of sp³-hybridized carbons (Fsp3) is 0.400. The van der Waals surface area contributed by atoms with Crippen LogP contribution in [0.3, 0.4) is 0 Å². The van der Waals surface area contributed by atoms with Crippen molar-refractivity contribution in [2.75, 3.05) is 0 Å². The van der Waals surface area contributed by atoms with Crippen LogP contribution >= 0.6 is 0 Å². The van der Waals surface area contributed by atoms with Crippen LogP contribution in [-0.2, 0) is 6.42 Å². The van der Waals surface area contributed by atoms with Crippen molar-refractivity contribution in [3.63, 3.8) is 0 Å². The van der Waals surface area contributed by atoms with Gasteiger partial charge in [-0.3, -0.25) is 9.78 Å². The number of aromatic nitrogens is 2. The van der Waals surface area contributed by atoms with Gasteiger partial charge < -0.3 is 9.84 Å². The molecule has 0 saturated carbocycles. The van der Waals surface area contributed by atoms with E-state index in [2.05, 4.69) is 10.1 Å². The molecular formula is C15H16F3N3O2. The molecule has 0 aromatic carbocycles. The Bertz CT molecular complexity index is 653. The highest BCUT2D eigenvalue weighted by Crippen LogP contribution is 2.32. The molecule has 1 N–H and O–H groups in total. The molecule has 5 nitrogen and oxygen atoms in total. The maximum absolute atomic E-state index is 13.2. The van der Waals surface area contributed by atoms with Gasteiger partial charge in [-0.15, -0.1) is 0 Å². The van der Waals surface area contributed by atoms with Crippen LogP contribution < -0.4 is 5.32 Å². The molecule has 1 atom stereocenters. The van der Waals surface area contributed by atoms with Crippen LogP contribution in [0.15, 0.2) is 35.1 Å². The van der Waals surface area contributed by atoms with Gasteiger partial charge in [0.2, 0.25) is 5.76 Å². The van der Waals surface area contributed by atoms with Gasteiger partial charge in [0.25, 0.3) is 5.91 Å². The van der Waals surface area contributed by atoms with Gasteiger partial charge in [0.05, 0.1) is 5.69 Å². The predicted molar refractivity (Wildman–Crippen MR) is 75.5 cm³/mol. The van der Waals surface area contributed by atoms with E-state index in [0.717, 1.165) is 6.20 Å². The lowest BCUT2D eigenvalue weighted by atomic mass is 10.1. The summed E-state index contributed by atoms with van der Waals surface area (Å²) in [5.41, 5.74) is 0.366. The minimum Gasteiger partial charge on any atom is -0.351 e. The van der Waals surface area contributed by atoms with E-state index in [-0.39, 0.29) is 17.2 Å². The highest BCUT2D eigenvalue weighted by molar-refractivity contribution is 5.91. The van der Waals surface area contributed by atoms with Gasteiger partial charge in [0.15, 0.2) is 6.04 Å². The molecule has 2 heterocycles. The second-order valence-corrected chi connectivity index (χ2v) is 5.51. The molecule has 0 aliphatic heterocycles. The Morgan fingerprint density at radius 3 is 2.70 bits per heavy atom. The Labute approximate surface area is 130 Å². The van der Waals surface area contributed by atoms with E-state index in [4.69, 9.17) is 4.52 Å². The molecule has 0 aliphatic carbocycles. The van der Waals surface area contributed by atoms with Gasteiger partial charge >= 0.3 is 6.18 Å². The first-order valence-corrected chi connectivity index (χ1v) is 7.00. The van der Waals surface area contributed by atoms with E-state index in [1.54, 1.807) is 0 Å². The number of carbonyl (C=O) groups is 1. The Kier molecular flexibility index (Phi) is 5.02. The molecule has 0 fully saturated rings. The maximum atomic E-state index is 13.2. The number of carbonyl (C=O) groups excluding carboxylic acids is 1. The predicted octanol–water partition coefficient (Wildman–Crippen LogP) is 3.30. The van der Waals surface area contributed by atoms with Crippen molar-refractivity contribution in [3.05, 3.63) is 47.6 Å². The van der Waals surface area contributed by atoms with Gasteiger partial charge in [-0.1, -0.05) is 25.1 Å². The lowest BCUT2D eigenvalue weighted by Gasteiger charge is -2.20. The van der Waals surface area contributed by atoms with E-state index < -0.39 is 18.1 Å². The Morgan fingerprint density at radius 1 is 1.39 bits per heavy atom. The van der Waals surface area contributed by atoms with Crippen molar-refractivity contribution in [2.24, 2.45) is 5.92 Å². The topological polar surface area (TPSA) is 68.0 Å². The number of amides is 1. The van der Waals surface area contributed by atoms with E-state index in [0.29, 0.717) is 12.1 Å². The molecule has 0 unspecified atom stereocenters. The van der Waals surface area contributed by atoms with Crippen molar-refractivity contribution >= 4 is 5.91 Å². The summed E-state index contributed by atoms with van der Waals surface area (Å²) in [6.07, 6.45) is -1.67. The zero-order valence-electron chi connectivity index (χ0n) is 12.6. The van der Waals surface area contributed by atoms with Crippen LogP contribution in [-0.4, -0.2) is 22.2 Å². The average Bonchev–Trinajstić information content (AvgIpc) is 2.92. The molecule has 0 bridgehead atoms. The first kappa shape index (κ1) is 17.0. The molecule has 1 amide bonds. The Balaban J connectivity index is 2.16. The molecule has 2 rings (SSSR count). The summed E-state index contributed by atoms with van der Waals surface area (Å²) in [6, 6.07) is 1.81. The molecule has 0 saturated heterocycles. The van der Waals surface area contributed by atoms with Crippen LogP contribution in [0.4, 0.5) is 13.2 Å². The molecule has 0 spiro atoms. The summed E-state index contributed by atoms with van der Waals surface area (Å²) in [4.78, 5) is 15.7. The van der Waals surface area contributed by atoms with E-state index in [1.165, 1.54) is 24.4 Å². The fourth-order valence-corrected chi connectivity index (χ4v) is 2.04. The number of hydrogen-bond acceptors (Lipinski definition) is 4. The summed E-state index contributed by atoms with van der Waals surface area (Å²) < 4.78 is 44.3. The first-order chi connectivity index (χ1) is 10.8. The zero-order valence-corrected chi connectivity index (χ0v) is 12.6. The SMILES string of the molecule is CC(C)Cc1cc(C(=O)N[C@@H](c2cccnc2)C(F)(F)F)on1. The Morgan fingerprint density at radius 2 is 2.13 bits per heavy atom. The molecule has 2 aromatic rings. The standard InChI is InChI=1S/C15H16F3N3O2/c1-9(2)6-11-7-12(23-21-11)14(22)20-13(15(16,17)18)10-4-3-5-19-8-10/h3-5,7-9,13H,6H2,1-2H3,(H,20,22)/t13-/m0/s1. The largest absolute Gasteiger partial charge is 0.412 e. The van der Waals surface area contributed by atoms with Crippen molar-refractivity contribution in [1.82, 2.24) is 15.5 Å². The number of nitrogens with one attached hydrogen (secondary N) is 1. The monoisotopic (exact) mass is 327 g/mol. The van der Waals surface area contributed by atoms with Crippen LogP contribution in [0, 0.1) is 5.92 Å². The van der Waals surface area contributed by atoms with Gasteiger partial charge in [0, 0.05) is 24.0 Å². The van der Waals surface area contributed by atoms with E-state index in [9.17, 15) is 18.0 Å². The van der Waals surface area contributed by atoms with Crippen molar-refractivity contribution in [2.45, 2.75) is 32.5 Å². The van der Waals surface area contributed by atoms with Crippen molar-refractivity contribution in [1.29, 1.82) is 0 Å². The highest BCUT2D eigenvalue weighted by Gasteiger charge is 2.42. The number of nitrogens with zero attached hydrogens (tertiary/aromatic N) is 2. The van der Waals surface area contributed by atoms with Gasteiger partial charge in [0.1, 0.15) is 0 Å². The fourth-order valence-electron chi connectivity index (χ4n) is 2.04. The quantitative estimate of drug-likeness (QED) is 0.915. The number of hydrogen-bond donors (Lipinski definition) is 1. The van der Waals surface area contributed by atoms with E-state index in [1.807, 2.05) is 19.2 Å². The smallest absolute Gasteiger partial charge is 0.351 e. The lowest BCUT2D eigenvalue weighted by molar-refractivity contribution is -0.155. The summed E-state index contributed by atoms with van der Waals surface area (Å²) in [5, 5.41) is 5.61. The number of pyridine rings is 1. The van der Waals surface area contributed by atoms with Crippen LogP contribution in [0.2, 0.25) is 0 Å². The third-order valence-electron chi connectivity index (χ3n) is 3.02. The van der Waals surface area contributed by atoms with Gasteiger partial charge in [-0.25, -0.2) is 0 Å². The van der Waals surface area contributed by atoms with Gasteiger partial charge in [-0.05, 0) is 18.4 Å². The maximum Gasteiger partial charge on any atom is 0.412 e. The third-order valence-corrected chi connectivity index (χ3v) is 3.02. The number of halogens is 3. The molecular weight excluding hydrogens is 311 g/mol. The molecule has 8 heteroatoms. The van der Waals surface area contributed by atoms with Gasteiger partial charge in [-0.2, -0.15) is 13.2 Å². The summed E-state index contributed by atoms with van der Waals surface area (Å²) in [5.74, 6) is -0.938. The summed E-state index contributed by atoms with van der Waals surface area (Å²) in [6.45, 7) is 3.91. The zero-order chi connectivity index (χ0) is 17.0. The molecule has 0 aliphatic rings. The third kappa shape index (κ3) is 4.54. The normalized spacial score (nSPS) is 13.1. The first-order valence-electron chi connectivity index (χ1n) is 7.00. The second kappa shape index (κ2) is 6.80. The lowest BCUT2D eigenvalue weighted by Crippen LogP contribution is -2.38. The number of alkyl halides is 3.